The highest BCUT2D eigenvalue weighted by Crippen LogP contribution is 2.27. The highest BCUT2D eigenvalue weighted by atomic mass is 35.5. The quantitative estimate of drug-likeness (QED) is 0.746. The Kier molecular flexibility index (Phi) is 5.58. The van der Waals surface area contributed by atoms with Gasteiger partial charge in [-0.25, -0.2) is 8.42 Å². The number of carbonyl (C=O) groups excluding carboxylic acids is 1. The third-order valence-corrected chi connectivity index (χ3v) is 6.82. The Bertz CT molecular complexity index is 926. The second kappa shape index (κ2) is 7.56. The summed E-state index contributed by atoms with van der Waals surface area (Å²) in [6.45, 7) is 2.83. The molecular formula is C18H18Cl2N2O3S. The number of hydrogen-bond donors (Lipinski definition) is 0. The molecule has 0 spiro atoms. The molecule has 1 aliphatic rings. The summed E-state index contributed by atoms with van der Waals surface area (Å²) >= 11 is 12.1. The summed E-state index contributed by atoms with van der Waals surface area (Å²) in [6.07, 6.45) is 0.886. The predicted octanol–water partition coefficient (Wildman–Crippen LogP) is 3.94. The standard InChI is InChI=1S/C18H18Cl2N2O3S/c1-13(23)22(12-14-3-4-15(19)11-18(14)20)16-5-7-17(8-6-16)26(24,25)21-9-2-10-21/h3-8,11H,2,9-10,12H2,1H3. The van der Waals surface area contributed by atoms with Crippen LogP contribution in [0.2, 0.25) is 10.0 Å². The second-order valence-electron chi connectivity index (χ2n) is 6.09. The lowest BCUT2D eigenvalue weighted by Crippen LogP contribution is -2.41. The number of sulfonamides is 1. The molecule has 0 aliphatic carbocycles. The van der Waals surface area contributed by atoms with Gasteiger partial charge in [-0.1, -0.05) is 29.3 Å². The average molecular weight is 413 g/mol. The first-order valence-electron chi connectivity index (χ1n) is 8.11. The molecule has 1 fully saturated rings. The Morgan fingerprint density at radius 3 is 2.27 bits per heavy atom. The molecule has 1 saturated heterocycles. The summed E-state index contributed by atoms with van der Waals surface area (Å²) in [6, 6.07) is 11.4. The van der Waals surface area contributed by atoms with Crippen molar-refractivity contribution in [1.29, 1.82) is 0 Å². The average Bonchev–Trinajstić information content (AvgIpc) is 2.52. The molecule has 0 aromatic heterocycles. The summed E-state index contributed by atoms with van der Waals surface area (Å²) in [7, 11) is -3.44. The smallest absolute Gasteiger partial charge is 0.243 e. The molecule has 2 aromatic carbocycles. The molecule has 0 bridgehead atoms. The zero-order valence-electron chi connectivity index (χ0n) is 14.2. The maximum atomic E-state index is 12.4. The predicted molar refractivity (Wildman–Crippen MR) is 103 cm³/mol. The van der Waals surface area contributed by atoms with Gasteiger partial charge in [-0.05, 0) is 48.4 Å². The molecule has 0 saturated carbocycles. The summed E-state index contributed by atoms with van der Waals surface area (Å²) in [5, 5.41) is 0.995. The van der Waals surface area contributed by atoms with Crippen molar-refractivity contribution in [3.63, 3.8) is 0 Å². The fourth-order valence-electron chi connectivity index (χ4n) is 2.68. The van der Waals surface area contributed by atoms with Crippen molar-refractivity contribution in [3.05, 3.63) is 58.1 Å². The minimum Gasteiger partial charge on any atom is -0.308 e. The van der Waals surface area contributed by atoms with Crippen LogP contribution < -0.4 is 4.90 Å². The van der Waals surface area contributed by atoms with Crippen LogP contribution in [0.4, 0.5) is 5.69 Å². The molecule has 0 unspecified atom stereocenters. The third kappa shape index (κ3) is 3.88. The topological polar surface area (TPSA) is 57.7 Å². The number of amides is 1. The van der Waals surface area contributed by atoms with Gasteiger partial charge in [-0.15, -0.1) is 0 Å². The van der Waals surface area contributed by atoms with Gasteiger partial charge >= 0.3 is 0 Å². The molecule has 5 nitrogen and oxygen atoms in total. The first-order chi connectivity index (χ1) is 12.3. The molecule has 2 aromatic rings. The fourth-order valence-corrected chi connectivity index (χ4v) is 4.66. The zero-order valence-corrected chi connectivity index (χ0v) is 16.5. The highest BCUT2D eigenvalue weighted by Gasteiger charge is 2.29. The molecule has 1 heterocycles. The van der Waals surface area contributed by atoms with Crippen LogP contribution in [-0.4, -0.2) is 31.7 Å². The zero-order chi connectivity index (χ0) is 18.9. The van der Waals surface area contributed by atoms with Crippen molar-refractivity contribution in [3.8, 4) is 0 Å². The van der Waals surface area contributed by atoms with E-state index < -0.39 is 10.0 Å². The Balaban J connectivity index is 1.85. The number of carbonyl (C=O) groups is 1. The van der Waals surface area contributed by atoms with Gasteiger partial charge in [0.2, 0.25) is 15.9 Å². The molecule has 1 amide bonds. The lowest BCUT2D eigenvalue weighted by molar-refractivity contribution is -0.116. The Hall–Kier alpha value is -1.60. The van der Waals surface area contributed by atoms with E-state index in [1.54, 1.807) is 30.3 Å². The molecule has 1 aliphatic heterocycles. The van der Waals surface area contributed by atoms with Crippen LogP contribution in [0.15, 0.2) is 47.4 Å². The van der Waals surface area contributed by atoms with Gasteiger partial charge in [-0.3, -0.25) is 4.79 Å². The minimum absolute atomic E-state index is 0.172. The fraction of sp³-hybridized carbons (Fsp3) is 0.278. The van der Waals surface area contributed by atoms with E-state index in [1.807, 2.05) is 0 Å². The van der Waals surface area contributed by atoms with Crippen LogP contribution in [0.25, 0.3) is 0 Å². The number of anilines is 1. The maximum absolute atomic E-state index is 12.4. The van der Waals surface area contributed by atoms with Crippen molar-refractivity contribution in [1.82, 2.24) is 4.31 Å². The van der Waals surface area contributed by atoms with Crippen molar-refractivity contribution in [2.75, 3.05) is 18.0 Å². The molecule has 8 heteroatoms. The van der Waals surface area contributed by atoms with E-state index in [4.69, 9.17) is 23.2 Å². The van der Waals surface area contributed by atoms with E-state index in [0.717, 1.165) is 12.0 Å². The Labute approximate surface area is 163 Å². The Morgan fingerprint density at radius 2 is 1.77 bits per heavy atom. The molecule has 0 radical (unpaired) electrons. The number of nitrogens with zero attached hydrogens (tertiary/aromatic N) is 2. The van der Waals surface area contributed by atoms with E-state index in [0.29, 0.717) is 28.8 Å². The molecule has 0 atom stereocenters. The largest absolute Gasteiger partial charge is 0.308 e. The molecule has 26 heavy (non-hydrogen) atoms. The van der Waals surface area contributed by atoms with Crippen molar-refractivity contribution in [2.45, 2.75) is 24.8 Å². The summed E-state index contributed by atoms with van der Waals surface area (Å²) in [5.41, 5.74) is 1.36. The normalized spacial score (nSPS) is 14.7. The van der Waals surface area contributed by atoms with Crippen LogP contribution in [0.3, 0.4) is 0 Å². The maximum Gasteiger partial charge on any atom is 0.243 e. The van der Waals surface area contributed by atoms with Crippen LogP contribution in [-0.2, 0) is 21.4 Å². The van der Waals surface area contributed by atoms with Gasteiger partial charge in [0.05, 0.1) is 11.4 Å². The number of hydrogen-bond acceptors (Lipinski definition) is 3. The number of benzene rings is 2. The first kappa shape index (κ1) is 19.2. The van der Waals surface area contributed by atoms with Crippen molar-refractivity contribution in [2.24, 2.45) is 0 Å². The highest BCUT2D eigenvalue weighted by molar-refractivity contribution is 7.89. The lowest BCUT2D eigenvalue weighted by atomic mass is 10.2. The van der Waals surface area contributed by atoms with Crippen LogP contribution in [0.5, 0.6) is 0 Å². The van der Waals surface area contributed by atoms with Crippen molar-refractivity contribution < 1.29 is 13.2 Å². The minimum atomic E-state index is -3.44. The molecule has 138 valence electrons. The Morgan fingerprint density at radius 1 is 1.12 bits per heavy atom. The molecule has 3 rings (SSSR count). The van der Waals surface area contributed by atoms with Gasteiger partial charge < -0.3 is 4.90 Å². The number of halogens is 2. The monoisotopic (exact) mass is 412 g/mol. The van der Waals surface area contributed by atoms with E-state index in [9.17, 15) is 13.2 Å². The SMILES string of the molecule is CC(=O)N(Cc1ccc(Cl)cc1Cl)c1ccc(S(=O)(=O)N2CCC2)cc1. The van der Waals surface area contributed by atoms with Gasteiger partial charge in [0, 0.05) is 35.7 Å². The summed E-state index contributed by atoms with van der Waals surface area (Å²) < 4.78 is 26.3. The van der Waals surface area contributed by atoms with Gasteiger partial charge in [-0.2, -0.15) is 4.31 Å². The van der Waals surface area contributed by atoms with Crippen LogP contribution in [0, 0.1) is 0 Å². The van der Waals surface area contributed by atoms with Crippen LogP contribution in [0.1, 0.15) is 18.9 Å². The van der Waals surface area contributed by atoms with Gasteiger partial charge in [0.15, 0.2) is 0 Å². The van der Waals surface area contributed by atoms with Gasteiger partial charge in [0.25, 0.3) is 0 Å². The summed E-state index contributed by atoms with van der Waals surface area (Å²) in [5.74, 6) is -0.172. The van der Waals surface area contributed by atoms with Gasteiger partial charge in [0.1, 0.15) is 0 Å². The second-order valence-corrected chi connectivity index (χ2v) is 8.87. The number of rotatable bonds is 5. The molecule has 0 N–H and O–H groups in total. The van der Waals surface area contributed by atoms with Crippen molar-refractivity contribution >= 4 is 44.8 Å². The van der Waals surface area contributed by atoms with E-state index in [2.05, 4.69) is 0 Å². The van der Waals surface area contributed by atoms with E-state index in [-0.39, 0.29) is 17.3 Å². The lowest BCUT2D eigenvalue weighted by Gasteiger charge is -2.30. The first-order valence-corrected chi connectivity index (χ1v) is 10.3. The van der Waals surface area contributed by atoms with E-state index >= 15 is 0 Å². The van der Waals surface area contributed by atoms with Crippen LogP contribution >= 0.6 is 23.2 Å². The third-order valence-electron chi connectivity index (χ3n) is 4.32. The van der Waals surface area contributed by atoms with E-state index in [1.165, 1.54) is 28.3 Å². The summed E-state index contributed by atoms with van der Waals surface area (Å²) in [4.78, 5) is 13.9. The molecular weight excluding hydrogens is 395 g/mol.